The van der Waals surface area contributed by atoms with Crippen LogP contribution in [0.15, 0.2) is 18.3 Å². The molecule has 1 saturated carbocycles. The number of fused-ring (bicyclic) bond motifs is 1. The van der Waals surface area contributed by atoms with E-state index in [0.29, 0.717) is 17.3 Å². The van der Waals surface area contributed by atoms with Gasteiger partial charge in [0.25, 0.3) is 5.91 Å². The van der Waals surface area contributed by atoms with Crippen LogP contribution in [0.5, 0.6) is 0 Å². The summed E-state index contributed by atoms with van der Waals surface area (Å²) in [7, 11) is 3.68. The maximum atomic E-state index is 12.8. The number of carbonyl (C=O) groups is 1. The maximum Gasteiger partial charge on any atom is 0.257 e. The molecule has 1 N–H and O–H groups in total. The number of nitrogens with zero attached hydrogens (tertiary/aromatic N) is 5. The van der Waals surface area contributed by atoms with Crippen LogP contribution < -0.4 is 5.32 Å². The molecule has 0 aromatic carbocycles. The number of anilines is 1. The molecule has 0 radical (unpaired) electrons. The number of aromatic nitrogens is 5. The smallest absolute Gasteiger partial charge is 0.257 e. The van der Waals surface area contributed by atoms with Gasteiger partial charge in [0.15, 0.2) is 11.5 Å². The molecule has 7 nitrogen and oxygen atoms in total. The summed E-state index contributed by atoms with van der Waals surface area (Å²) in [6, 6.07) is 3.68. The third-order valence-electron chi connectivity index (χ3n) is 4.18. The summed E-state index contributed by atoms with van der Waals surface area (Å²) in [4.78, 5) is 17.5. The van der Waals surface area contributed by atoms with Crippen LogP contribution >= 0.6 is 0 Å². The third-order valence-corrected chi connectivity index (χ3v) is 4.18. The van der Waals surface area contributed by atoms with E-state index >= 15 is 0 Å². The predicted octanol–water partition coefficient (Wildman–Crippen LogP) is 2.14. The van der Waals surface area contributed by atoms with Gasteiger partial charge in [-0.15, -0.1) is 0 Å². The summed E-state index contributed by atoms with van der Waals surface area (Å²) in [5.41, 5.74) is 3.17. The van der Waals surface area contributed by atoms with Crippen LogP contribution in [0, 0.1) is 6.92 Å². The van der Waals surface area contributed by atoms with Gasteiger partial charge in [-0.3, -0.25) is 14.2 Å². The van der Waals surface area contributed by atoms with Gasteiger partial charge in [0.1, 0.15) is 0 Å². The van der Waals surface area contributed by atoms with Gasteiger partial charge < -0.3 is 5.32 Å². The lowest BCUT2D eigenvalue weighted by atomic mass is 10.1. The van der Waals surface area contributed by atoms with Crippen molar-refractivity contribution < 1.29 is 4.79 Å². The molecular weight excluding hydrogens is 292 g/mol. The highest BCUT2D eigenvalue weighted by molar-refractivity contribution is 6.12. The van der Waals surface area contributed by atoms with Crippen LogP contribution in [0.25, 0.3) is 11.0 Å². The largest absolute Gasteiger partial charge is 0.305 e. The first-order valence-electron chi connectivity index (χ1n) is 7.68. The molecule has 23 heavy (non-hydrogen) atoms. The van der Waals surface area contributed by atoms with E-state index in [4.69, 9.17) is 4.98 Å². The second kappa shape index (κ2) is 4.91. The Balaban J connectivity index is 1.82. The van der Waals surface area contributed by atoms with Gasteiger partial charge >= 0.3 is 0 Å². The minimum atomic E-state index is -0.172. The minimum absolute atomic E-state index is 0.172. The van der Waals surface area contributed by atoms with E-state index < -0.39 is 0 Å². The van der Waals surface area contributed by atoms with E-state index in [-0.39, 0.29) is 5.91 Å². The third kappa shape index (κ3) is 2.38. The average Bonchev–Trinajstić information content (AvgIpc) is 3.23. The number of aryl methyl sites for hydroxylation is 3. The molecule has 3 aromatic heterocycles. The zero-order valence-corrected chi connectivity index (χ0v) is 13.4. The molecule has 3 heterocycles. The van der Waals surface area contributed by atoms with Gasteiger partial charge in [0, 0.05) is 38.0 Å². The normalized spacial score (nSPS) is 14.4. The number of amides is 1. The van der Waals surface area contributed by atoms with Crippen molar-refractivity contribution in [3.8, 4) is 0 Å². The second-order valence-corrected chi connectivity index (χ2v) is 6.11. The summed E-state index contributed by atoms with van der Waals surface area (Å²) in [6.45, 7) is 1.90. The molecule has 0 unspecified atom stereocenters. The lowest BCUT2D eigenvalue weighted by Crippen LogP contribution is -2.14. The summed E-state index contributed by atoms with van der Waals surface area (Å²) in [6.07, 6.45) is 4.07. The van der Waals surface area contributed by atoms with Crippen molar-refractivity contribution in [1.82, 2.24) is 24.5 Å². The van der Waals surface area contributed by atoms with Crippen LogP contribution in [0.4, 0.5) is 5.82 Å². The van der Waals surface area contributed by atoms with Gasteiger partial charge in [-0.1, -0.05) is 0 Å². The van der Waals surface area contributed by atoms with Gasteiger partial charge in [-0.25, -0.2) is 4.98 Å². The van der Waals surface area contributed by atoms with E-state index in [1.54, 1.807) is 21.6 Å². The Morgan fingerprint density at radius 3 is 2.74 bits per heavy atom. The number of hydrogen-bond donors (Lipinski definition) is 1. The molecular formula is C16H18N6O. The van der Waals surface area contributed by atoms with Crippen molar-refractivity contribution in [3.05, 3.63) is 35.3 Å². The van der Waals surface area contributed by atoms with Gasteiger partial charge in [0.05, 0.1) is 16.6 Å². The highest BCUT2D eigenvalue weighted by atomic mass is 16.1. The molecule has 1 aliphatic carbocycles. The molecule has 7 heteroatoms. The van der Waals surface area contributed by atoms with E-state index in [0.717, 1.165) is 35.3 Å². The van der Waals surface area contributed by atoms with Crippen LogP contribution in [-0.4, -0.2) is 30.5 Å². The van der Waals surface area contributed by atoms with Gasteiger partial charge in [0.2, 0.25) is 0 Å². The van der Waals surface area contributed by atoms with Crippen LogP contribution in [0.2, 0.25) is 0 Å². The Labute approximate surface area is 133 Å². The summed E-state index contributed by atoms with van der Waals surface area (Å²) in [5, 5.41) is 12.3. The van der Waals surface area contributed by atoms with E-state index in [9.17, 15) is 4.79 Å². The van der Waals surface area contributed by atoms with Gasteiger partial charge in [-0.05, 0) is 25.8 Å². The molecule has 0 saturated heterocycles. The lowest BCUT2D eigenvalue weighted by molar-refractivity contribution is 0.102. The number of rotatable bonds is 3. The van der Waals surface area contributed by atoms with E-state index in [1.807, 2.05) is 27.1 Å². The minimum Gasteiger partial charge on any atom is -0.305 e. The maximum absolute atomic E-state index is 12.8. The predicted molar refractivity (Wildman–Crippen MR) is 86.4 cm³/mol. The first-order chi connectivity index (χ1) is 11.0. The fourth-order valence-electron chi connectivity index (χ4n) is 2.90. The molecule has 118 valence electrons. The Morgan fingerprint density at radius 1 is 1.30 bits per heavy atom. The van der Waals surface area contributed by atoms with Crippen LogP contribution in [-0.2, 0) is 14.1 Å². The topological polar surface area (TPSA) is 77.6 Å². The number of carbonyl (C=O) groups excluding carboxylic acids is 1. The molecule has 0 spiro atoms. The van der Waals surface area contributed by atoms with Gasteiger partial charge in [-0.2, -0.15) is 10.2 Å². The number of nitrogens with one attached hydrogen (secondary N) is 1. The first kappa shape index (κ1) is 13.9. The highest BCUT2D eigenvalue weighted by Crippen LogP contribution is 2.40. The zero-order valence-electron chi connectivity index (χ0n) is 13.4. The quantitative estimate of drug-likeness (QED) is 0.804. The Morgan fingerprint density at radius 2 is 2.09 bits per heavy atom. The van der Waals surface area contributed by atoms with E-state index in [1.165, 1.54) is 0 Å². The standard InChI is InChI=1S/C16H18N6O/c1-9-14-11(16(23)18-13-6-7-21(2)20-13)8-12(10-4-5-10)17-15(14)22(3)19-9/h6-8,10H,4-5H2,1-3H3,(H,18,20,23). The first-order valence-corrected chi connectivity index (χ1v) is 7.68. The molecule has 1 aliphatic rings. The molecule has 1 fully saturated rings. The Kier molecular flexibility index (Phi) is 2.97. The summed E-state index contributed by atoms with van der Waals surface area (Å²) in [5.74, 6) is 0.835. The van der Waals surface area contributed by atoms with Crippen LogP contribution in [0.1, 0.15) is 40.5 Å². The molecule has 0 bridgehead atoms. The van der Waals surface area contributed by atoms with Crippen molar-refractivity contribution >= 4 is 22.8 Å². The van der Waals surface area contributed by atoms with Crippen LogP contribution in [0.3, 0.4) is 0 Å². The molecule has 3 aromatic rings. The molecule has 0 atom stereocenters. The Bertz CT molecular complexity index is 918. The molecule has 0 aliphatic heterocycles. The van der Waals surface area contributed by atoms with Crippen molar-refractivity contribution in [3.63, 3.8) is 0 Å². The lowest BCUT2D eigenvalue weighted by Gasteiger charge is -2.07. The number of pyridine rings is 1. The zero-order chi connectivity index (χ0) is 16.1. The second-order valence-electron chi connectivity index (χ2n) is 6.11. The van der Waals surface area contributed by atoms with Crippen molar-refractivity contribution in [1.29, 1.82) is 0 Å². The molecule has 4 rings (SSSR count). The number of hydrogen-bond acceptors (Lipinski definition) is 4. The Hall–Kier alpha value is -2.70. The van der Waals surface area contributed by atoms with Crippen molar-refractivity contribution in [2.75, 3.05) is 5.32 Å². The fourth-order valence-corrected chi connectivity index (χ4v) is 2.90. The highest BCUT2D eigenvalue weighted by Gasteiger charge is 2.28. The SMILES string of the molecule is Cc1nn(C)c2nc(C3CC3)cc(C(=O)Nc3ccn(C)n3)c12. The summed E-state index contributed by atoms with van der Waals surface area (Å²) < 4.78 is 3.40. The van der Waals surface area contributed by atoms with Crippen molar-refractivity contribution in [2.45, 2.75) is 25.7 Å². The monoisotopic (exact) mass is 310 g/mol. The average molecular weight is 310 g/mol. The van der Waals surface area contributed by atoms with E-state index in [2.05, 4.69) is 15.5 Å². The molecule has 1 amide bonds. The summed E-state index contributed by atoms with van der Waals surface area (Å²) >= 11 is 0. The fraction of sp³-hybridized carbons (Fsp3) is 0.375. The van der Waals surface area contributed by atoms with Crippen molar-refractivity contribution in [2.24, 2.45) is 14.1 Å².